The van der Waals surface area contributed by atoms with Crippen molar-refractivity contribution in [2.45, 2.75) is 51.5 Å². The Kier molecular flexibility index (Phi) is 4.52. The molecule has 0 atom stereocenters. The van der Waals surface area contributed by atoms with Gasteiger partial charge in [-0.05, 0) is 62.8 Å². The summed E-state index contributed by atoms with van der Waals surface area (Å²) >= 11 is 0. The summed E-state index contributed by atoms with van der Waals surface area (Å²) in [4.78, 5) is 0.446. The van der Waals surface area contributed by atoms with Gasteiger partial charge in [0.25, 0.3) is 0 Å². The molecule has 0 radical (unpaired) electrons. The Bertz CT molecular complexity index is 576. The van der Waals surface area contributed by atoms with Crippen LogP contribution in [-0.4, -0.2) is 27.7 Å². The summed E-state index contributed by atoms with van der Waals surface area (Å²) in [5.74, 6) is 0. The van der Waals surface area contributed by atoms with Gasteiger partial charge in [0, 0.05) is 19.3 Å². The first-order valence-corrected chi connectivity index (χ1v) is 8.48. The van der Waals surface area contributed by atoms with E-state index < -0.39 is 10.0 Å². The molecule has 0 aliphatic carbocycles. The maximum Gasteiger partial charge on any atom is 0.241 e. The Labute approximate surface area is 121 Å². The zero-order chi connectivity index (χ0) is 14.9. The lowest BCUT2D eigenvalue weighted by atomic mass is 10.0. The first kappa shape index (κ1) is 15.5. The maximum atomic E-state index is 12.7. The van der Waals surface area contributed by atoms with Gasteiger partial charge in [-0.15, -0.1) is 0 Å². The molecule has 1 aliphatic rings. The number of ether oxygens (including phenoxy) is 1. The molecule has 1 heterocycles. The fourth-order valence-electron chi connectivity index (χ4n) is 2.68. The van der Waals surface area contributed by atoms with Gasteiger partial charge in [-0.2, -0.15) is 0 Å². The van der Waals surface area contributed by atoms with Crippen molar-refractivity contribution in [3.8, 4) is 0 Å². The van der Waals surface area contributed by atoms with Gasteiger partial charge >= 0.3 is 0 Å². The van der Waals surface area contributed by atoms with Gasteiger partial charge in [0.05, 0.1) is 4.90 Å². The molecule has 5 heteroatoms. The summed E-state index contributed by atoms with van der Waals surface area (Å²) < 4.78 is 33.5. The minimum Gasteiger partial charge on any atom is -0.381 e. The molecule has 1 aromatic rings. The van der Waals surface area contributed by atoms with Crippen LogP contribution in [0.2, 0.25) is 0 Å². The lowest BCUT2D eigenvalue weighted by Gasteiger charge is -2.24. The van der Waals surface area contributed by atoms with Crippen molar-refractivity contribution >= 4 is 10.0 Å². The SMILES string of the molecule is Cc1cc(C)c(C)c(S(=O)(=O)NC2CCOCC2)c1C. The van der Waals surface area contributed by atoms with Gasteiger partial charge < -0.3 is 4.74 Å². The molecule has 0 spiro atoms. The molecule has 0 bridgehead atoms. The van der Waals surface area contributed by atoms with Crippen LogP contribution in [0.3, 0.4) is 0 Å². The monoisotopic (exact) mass is 297 g/mol. The van der Waals surface area contributed by atoms with Gasteiger partial charge in [0.1, 0.15) is 0 Å². The van der Waals surface area contributed by atoms with Gasteiger partial charge in [-0.3, -0.25) is 0 Å². The fraction of sp³-hybridized carbons (Fsp3) is 0.600. The summed E-state index contributed by atoms with van der Waals surface area (Å²) in [6.45, 7) is 8.90. The zero-order valence-corrected chi connectivity index (χ0v) is 13.4. The van der Waals surface area contributed by atoms with E-state index in [2.05, 4.69) is 4.72 Å². The summed E-state index contributed by atoms with van der Waals surface area (Å²) in [6.07, 6.45) is 1.48. The minimum atomic E-state index is -3.47. The molecule has 1 saturated heterocycles. The predicted octanol–water partition coefficient (Wildman–Crippen LogP) is 2.38. The molecule has 2 rings (SSSR count). The van der Waals surface area contributed by atoms with Crippen LogP contribution in [0.4, 0.5) is 0 Å². The van der Waals surface area contributed by atoms with Crippen LogP contribution >= 0.6 is 0 Å². The molecule has 1 N–H and O–H groups in total. The van der Waals surface area contributed by atoms with E-state index in [0.717, 1.165) is 35.1 Å². The second-order valence-corrected chi connectivity index (χ2v) is 7.25. The molecule has 1 aromatic carbocycles. The molecule has 0 aromatic heterocycles. The Hall–Kier alpha value is -0.910. The number of nitrogens with one attached hydrogen (secondary N) is 1. The lowest BCUT2D eigenvalue weighted by molar-refractivity contribution is 0.0832. The topological polar surface area (TPSA) is 55.4 Å². The lowest BCUT2D eigenvalue weighted by Crippen LogP contribution is -2.39. The summed E-state index contributed by atoms with van der Waals surface area (Å²) in [5.41, 5.74) is 3.71. The third kappa shape index (κ3) is 3.05. The van der Waals surface area contributed by atoms with Crippen LogP contribution in [0, 0.1) is 27.7 Å². The summed E-state index contributed by atoms with van der Waals surface area (Å²) in [7, 11) is -3.47. The smallest absolute Gasteiger partial charge is 0.241 e. The number of rotatable bonds is 3. The number of sulfonamides is 1. The van der Waals surface area contributed by atoms with Gasteiger partial charge in [-0.25, -0.2) is 13.1 Å². The first-order valence-electron chi connectivity index (χ1n) is 7.00. The summed E-state index contributed by atoms with van der Waals surface area (Å²) in [6, 6.07) is 2.02. The van der Waals surface area contributed by atoms with Gasteiger partial charge in [0.15, 0.2) is 0 Å². The largest absolute Gasteiger partial charge is 0.381 e. The highest BCUT2D eigenvalue weighted by Crippen LogP contribution is 2.26. The van der Waals surface area contributed by atoms with Crippen LogP contribution < -0.4 is 4.72 Å². The molecule has 0 amide bonds. The maximum absolute atomic E-state index is 12.7. The zero-order valence-electron chi connectivity index (χ0n) is 12.6. The van der Waals surface area contributed by atoms with Crippen LogP contribution in [-0.2, 0) is 14.8 Å². The molecular weight excluding hydrogens is 274 g/mol. The normalized spacial score (nSPS) is 17.4. The third-order valence-electron chi connectivity index (χ3n) is 4.11. The predicted molar refractivity (Wildman–Crippen MR) is 79.6 cm³/mol. The highest BCUT2D eigenvalue weighted by molar-refractivity contribution is 7.89. The van der Waals surface area contributed by atoms with E-state index in [9.17, 15) is 8.42 Å². The second kappa shape index (κ2) is 5.84. The van der Waals surface area contributed by atoms with E-state index in [-0.39, 0.29) is 6.04 Å². The molecule has 4 nitrogen and oxygen atoms in total. The highest BCUT2D eigenvalue weighted by Gasteiger charge is 2.26. The van der Waals surface area contributed by atoms with Crippen molar-refractivity contribution in [3.63, 3.8) is 0 Å². The van der Waals surface area contributed by atoms with Crippen LogP contribution in [0.25, 0.3) is 0 Å². The quantitative estimate of drug-likeness (QED) is 0.932. The number of benzene rings is 1. The molecule has 1 fully saturated rings. The molecule has 0 unspecified atom stereocenters. The highest BCUT2D eigenvalue weighted by atomic mass is 32.2. The molecule has 1 aliphatic heterocycles. The Morgan fingerprint density at radius 2 is 1.55 bits per heavy atom. The number of hydrogen-bond donors (Lipinski definition) is 1. The minimum absolute atomic E-state index is 0.0200. The van der Waals surface area contributed by atoms with Gasteiger partial charge in [0.2, 0.25) is 10.0 Å². The Morgan fingerprint density at radius 3 is 2.05 bits per heavy atom. The van der Waals surface area contributed by atoms with Crippen LogP contribution in [0.15, 0.2) is 11.0 Å². The van der Waals surface area contributed by atoms with E-state index >= 15 is 0 Å². The molecule has 20 heavy (non-hydrogen) atoms. The average molecular weight is 297 g/mol. The third-order valence-corrected chi connectivity index (χ3v) is 5.90. The molecular formula is C15H23NO3S. The first-order chi connectivity index (χ1) is 9.33. The second-order valence-electron chi connectivity index (χ2n) is 5.60. The van der Waals surface area contributed by atoms with E-state index in [0.29, 0.717) is 18.1 Å². The van der Waals surface area contributed by atoms with Crippen molar-refractivity contribution in [1.82, 2.24) is 4.72 Å². The van der Waals surface area contributed by atoms with E-state index in [1.54, 1.807) is 0 Å². The summed E-state index contributed by atoms with van der Waals surface area (Å²) in [5, 5.41) is 0. The van der Waals surface area contributed by atoms with Crippen LogP contribution in [0.1, 0.15) is 35.1 Å². The average Bonchev–Trinajstić information content (AvgIpc) is 2.37. The van der Waals surface area contributed by atoms with E-state index in [1.807, 2.05) is 33.8 Å². The number of hydrogen-bond acceptors (Lipinski definition) is 3. The molecule has 112 valence electrons. The Balaban J connectivity index is 2.38. The van der Waals surface area contributed by atoms with Crippen LogP contribution in [0.5, 0.6) is 0 Å². The van der Waals surface area contributed by atoms with Crippen molar-refractivity contribution in [1.29, 1.82) is 0 Å². The van der Waals surface area contributed by atoms with E-state index in [4.69, 9.17) is 4.74 Å². The standard InChI is InChI=1S/C15H23NO3S/c1-10-9-11(2)13(4)15(12(10)3)20(17,18)16-14-5-7-19-8-6-14/h9,14,16H,5-8H2,1-4H3. The Morgan fingerprint density at radius 1 is 1.05 bits per heavy atom. The fourth-order valence-corrected chi connectivity index (χ4v) is 4.60. The molecule has 0 saturated carbocycles. The van der Waals surface area contributed by atoms with Crippen molar-refractivity contribution in [3.05, 3.63) is 28.3 Å². The van der Waals surface area contributed by atoms with Crippen molar-refractivity contribution in [2.24, 2.45) is 0 Å². The van der Waals surface area contributed by atoms with Crippen molar-refractivity contribution < 1.29 is 13.2 Å². The van der Waals surface area contributed by atoms with Crippen molar-refractivity contribution in [2.75, 3.05) is 13.2 Å². The van der Waals surface area contributed by atoms with Gasteiger partial charge in [-0.1, -0.05) is 6.07 Å². The number of aryl methyl sites for hydroxylation is 2. The van der Waals surface area contributed by atoms with E-state index in [1.165, 1.54) is 0 Å².